The lowest BCUT2D eigenvalue weighted by Crippen LogP contribution is -2.14. The summed E-state index contributed by atoms with van der Waals surface area (Å²) >= 11 is 0. The number of pyridine rings is 1. The van der Waals surface area contributed by atoms with Gasteiger partial charge < -0.3 is 13.9 Å². The quantitative estimate of drug-likeness (QED) is 0.146. The van der Waals surface area contributed by atoms with E-state index in [0.29, 0.717) is 30.4 Å². The third-order valence-corrected chi connectivity index (χ3v) is 6.81. The second-order valence-corrected chi connectivity index (χ2v) is 9.81. The molecule has 0 saturated carbocycles. The normalized spacial score (nSPS) is 12.0. The number of aryl methyl sites for hydroxylation is 1. The number of unbranched alkanes of at least 4 members (excludes halogenated alkanes) is 8. The minimum absolute atomic E-state index is 0.00917. The van der Waals surface area contributed by atoms with Crippen molar-refractivity contribution >= 4 is 17.1 Å². The van der Waals surface area contributed by atoms with Gasteiger partial charge in [-0.3, -0.25) is 4.79 Å². The van der Waals surface area contributed by atoms with E-state index < -0.39 is 5.63 Å². The zero-order valence-electron chi connectivity index (χ0n) is 22.6. The van der Waals surface area contributed by atoms with Gasteiger partial charge in [-0.25, -0.2) is 4.79 Å². The molecule has 0 aliphatic rings. The molecule has 1 aromatic carbocycles. The number of rotatable bonds is 16. The van der Waals surface area contributed by atoms with Crippen LogP contribution in [0.2, 0.25) is 0 Å². The Hall–Kier alpha value is -3.15. The SMILES string of the molecule is CCC(C)C(=O)OCCCCCCCCCCCOc1ccc2cc(-c3ccccc3C)c(=O)oc2n1. The first-order valence-corrected chi connectivity index (χ1v) is 13.8. The predicted octanol–water partition coefficient (Wildman–Crippen LogP) is 7.64. The van der Waals surface area contributed by atoms with E-state index in [9.17, 15) is 9.59 Å². The molecule has 0 bridgehead atoms. The number of esters is 1. The summed E-state index contributed by atoms with van der Waals surface area (Å²) < 4.78 is 16.6. The Kier molecular flexibility index (Phi) is 11.7. The van der Waals surface area contributed by atoms with Crippen LogP contribution < -0.4 is 10.4 Å². The number of ether oxygens (including phenoxy) is 2. The second-order valence-electron chi connectivity index (χ2n) is 9.81. The molecule has 1 unspecified atom stereocenters. The number of hydrogen-bond acceptors (Lipinski definition) is 6. The molecule has 0 amide bonds. The molecule has 0 spiro atoms. The maximum Gasteiger partial charge on any atom is 0.345 e. The Balaban J connectivity index is 1.28. The second kappa shape index (κ2) is 15.2. The summed E-state index contributed by atoms with van der Waals surface area (Å²) in [7, 11) is 0. The van der Waals surface area contributed by atoms with E-state index >= 15 is 0 Å². The van der Waals surface area contributed by atoms with Crippen molar-refractivity contribution in [3.05, 3.63) is 58.4 Å². The van der Waals surface area contributed by atoms with Crippen molar-refractivity contribution in [3.63, 3.8) is 0 Å². The molecular weight excluding hydrogens is 466 g/mol. The lowest BCUT2D eigenvalue weighted by atomic mass is 10.0. The highest BCUT2D eigenvalue weighted by molar-refractivity contribution is 5.80. The van der Waals surface area contributed by atoms with Crippen LogP contribution in [0.15, 0.2) is 51.7 Å². The fourth-order valence-electron chi connectivity index (χ4n) is 4.23. The van der Waals surface area contributed by atoms with Gasteiger partial charge >= 0.3 is 11.6 Å². The molecule has 3 aromatic rings. The van der Waals surface area contributed by atoms with Crippen LogP contribution in [0.3, 0.4) is 0 Å². The Morgan fingerprint density at radius 1 is 0.892 bits per heavy atom. The summed E-state index contributed by atoms with van der Waals surface area (Å²) in [6.45, 7) is 7.05. The lowest BCUT2D eigenvalue weighted by molar-refractivity contribution is -0.148. The van der Waals surface area contributed by atoms with Crippen molar-refractivity contribution in [2.45, 2.75) is 85.0 Å². The van der Waals surface area contributed by atoms with E-state index in [4.69, 9.17) is 13.9 Å². The van der Waals surface area contributed by atoms with Gasteiger partial charge in [0, 0.05) is 11.5 Å². The van der Waals surface area contributed by atoms with Crippen molar-refractivity contribution in [1.29, 1.82) is 0 Å². The number of nitrogens with zero attached hydrogens (tertiary/aromatic N) is 1. The van der Waals surface area contributed by atoms with Crippen LogP contribution >= 0.6 is 0 Å². The summed E-state index contributed by atoms with van der Waals surface area (Å²) in [6, 6.07) is 13.3. The zero-order valence-corrected chi connectivity index (χ0v) is 22.6. The molecule has 2 heterocycles. The van der Waals surface area contributed by atoms with E-state index in [-0.39, 0.29) is 11.9 Å². The average Bonchev–Trinajstić information content (AvgIpc) is 2.90. The molecule has 0 N–H and O–H groups in total. The van der Waals surface area contributed by atoms with Gasteiger partial charge in [0.2, 0.25) is 11.6 Å². The first-order valence-electron chi connectivity index (χ1n) is 13.8. The molecule has 1 atom stereocenters. The van der Waals surface area contributed by atoms with Crippen molar-refractivity contribution in [2.24, 2.45) is 5.92 Å². The standard InChI is InChI=1S/C31H41NO5/c1-4-23(2)30(33)36-21-15-11-9-7-5-6-8-10-14-20-35-28-19-18-25-22-27(31(34)37-29(25)32-28)26-17-13-12-16-24(26)3/h12-13,16-19,22-23H,4-11,14-15,20-21H2,1-3H3. The summed E-state index contributed by atoms with van der Waals surface area (Å²) in [5.41, 5.74) is 2.35. The van der Waals surface area contributed by atoms with E-state index in [0.717, 1.165) is 48.6 Å². The number of fused-ring (bicyclic) bond motifs is 1. The van der Waals surface area contributed by atoms with Gasteiger partial charge in [-0.1, -0.05) is 83.1 Å². The highest BCUT2D eigenvalue weighted by Gasteiger charge is 2.12. The molecule has 0 fully saturated rings. The Morgan fingerprint density at radius 2 is 1.54 bits per heavy atom. The number of hydrogen-bond donors (Lipinski definition) is 0. The van der Waals surface area contributed by atoms with Gasteiger partial charge in [-0.05, 0) is 49.4 Å². The number of benzene rings is 1. The van der Waals surface area contributed by atoms with E-state index in [1.54, 1.807) is 0 Å². The molecule has 0 saturated heterocycles. The average molecular weight is 508 g/mol. The number of carbonyl (C=O) groups is 1. The molecule has 6 nitrogen and oxygen atoms in total. The monoisotopic (exact) mass is 507 g/mol. The van der Waals surface area contributed by atoms with Gasteiger partial charge in [0.25, 0.3) is 0 Å². The molecule has 2 aromatic heterocycles. The minimum Gasteiger partial charge on any atom is -0.478 e. The molecule has 0 aliphatic heterocycles. The first-order chi connectivity index (χ1) is 18.0. The van der Waals surface area contributed by atoms with Crippen LogP contribution in [-0.2, 0) is 9.53 Å². The first kappa shape index (κ1) is 28.4. The fraction of sp³-hybridized carbons (Fsp3) is 0.516. The third kappa shape index (κ3) is 9.03. The van der Waals surface area contributed by atoms with Gasteiger partial charge in [-0.2, -0.15) is 4.98 Å². The molecule has 37 heavy (non-hydrogen) atoms. The maximum absolute atomic E-state index is 12.6. The highest BCUT2D eigenvalue weighted by Crippen LogP contribution is 2.24. The van der Waals surface area contributed by atoms with Gasteiger partial charge in [0.1, 0.15) is 0 Å². The fourth-order valence-corrected chi connectivity index (χ4v) is 4.23. The van der Waals surface area contributed by atoms with Crippen molar-refractivity contribution in [2.75, 3.05) is 13.2 Å². The topological polar surface area (TPSA) is 78.6 Å². The largest absolute Gasteiger partial charge is 0.478 e. The van der Waals surface area contributed by atoms with E-state index in [1.165, 1.54) is 32.1 Å². The smallest absolute Gasteiger partial charge is 0.345 e. The zero-order chi connectivity index (χ0) is 26.5. The van der Waals surface area contributed by atoms with Crippen LogP contribution in [0.25, 0.3) is 22.2 Å². The predicted molar refractivity (Wildman–Crippen MR) is 148 cm³/mol. The Morgan fingerprint density at radius 3 is 2.22 bits per heavy atom. The molecular formula is C31H41NO5. The summed E-state index contributed by atoms with van der Waals surface area (Å²) in [6.07, 6.45) is 11.1. The van der Waals surface area contributed by atoms with Crippen LogP contribution in [0.4, 0.5) is 0 Å². The highest BCUT2D eigenvalue weighted by atomic mass is 16.5. The van der Waals surface area contributed by atoms with Gasteiger partial charge in [-0.15, -0.1) is 0 Å². The van der Waals surface area contributed by atoms with Gasteiger partial charge in [0.05, 0.1) is 24.7 Å². The molecule has 0 aliphatic carbocycles. The van der Waals surface area contributed by atoms with Crippen LogP contribution in [-0.4, -0.2) is 24.2 Å². The molecule has 3 rings (SSSR count). The number of aromatic nitrogens is 1. The third-order valence-electron chi connectivity index (χ3n) is 6.81. The summed E-state index contributed by atoms with van der Waals surface area (Å²) in [4.78, 5) is 28.6. The number of carbonyl (C=O) groups excluding carboxylic acids is 1. The summed E-state index contributed by atoms with van der Waals surface area (Å²) in [5, 5.41) is 0.775. The maximum atomic E-state index is 12.6. The van der Waals surface area contributed by atoms with E-state index in [2.05, 4.69) is 4.98 Å². The Bertz CT molecular complexity index is 1190. The van der Waals surface area contributed by atoms with Crippen molar-refractivity contribution in [1.82, 2.24) is 4.98 Å². The van der Waals surface area contributed by atoms with Crippen LogP contribution in [0, 0.1) is 12.8 Å². The van der Waals surface area contributed by atoms with E-state index in [1.807, 2.05) is 63.2 Å². The molecule has 6 heteroatoms. The van der Waals surface area contributed by atoms with Crippen LogP contribution in [0.1, 0.15) is 83.6 Å². The van der Waals surface area contributed by atoms with Crippen molar-refractivity contribution < 1.29 is 18.7 Å². The van der Waals surface area contributed by atoms with Crippen molar-refractivity contribution in [3.8, 4) is 17.0 Å². The summed E-state index contributed by atoms with van der Waals surface area (Å²) in [5.74, 6) is 0.422. The Labute approximate surface area is 220 Å². The van der Waals surface area contributed by atoms with Crippen LogP contribution in [0.5, 0.6) is 5.88 Å². The lowest BCUT2D eigenvalue weighted by Gasteiger charge is -2.09. The minimum atomic E-state index is -0.392. The van der Waals surface area contributed by atoms with Gasteiger partial charge in [0.15, 0.2) is 0 Å². The molecule has 0 radical (unpaired) electrons. The molecule has 200 valence electrons.